The summed E-state index contributed by atoms with van der Waals surface area (Å²) in [5.74, 6) is 0.834. The van der Waals surface area contributed by atoms with E-state index in [9.17, 15) is 8.42 Å². The van der Waals surface area contributed by atoms with Crippen molar-refractivity contribution in [1.82, 2.24) is 10.3 Å². The molecule has 21 heavy (non-hydrogen) atoms. The lowest BCUT2D eigenvalue weighted by Gasteiger charge is -2.22. The SMILES string of the molecule is CNC(Cc1ccnc2ccccc12)C1CCS(=O)(=O)C1. The number of nitrogens with zero attached hydrogens (tertiary/aromatic N) is 1. The number of pyridine rings is 1. The largest absolute Gasteiger partial charge is 0.316 e. The van der Waals surface area contributed by atoms with E-state index >= 15 is 0 Å². The zero-order valence-corrected chi connectivity index (χ0v) is 12.9. The first-order chi connectivity index (χ1) is 10.1. The summed E-state index contributed by atoms with van der Waals surface area (Å²) in [6.45, 7) is 0. The summed E-state index contributed by atoms with van der Waals surface area (Å²) in [5.41, 5.74) is 2.22. The average molecular weight is 304 g/mol. The zero-order chi connectivity index (χ0) is 14.9. The predicted molar refractivity (Wildman–Crippen MR) is 85.1 cm³/mol. The van der Waals surface area contributed by atoms with Crippen LogP contribution >= 0.6 is 0 Å². The second kappa shape index (κ2) is 5.73. The van der Waals surface area contributed by atoms with Crippen molar-refractivity contribution in [2.24, 2.45) is 5.92 Å². The van der Waals surface area contributed by atoms with Crippen LogP contribution in [0.2, 0.25) is 0 Å². The normalized spacial score (nSPS) is 22.4. The van der Waals surface area contributed by atoms with Gasteiger partial charge in [-0.25, -0.2) is 8.42 Å². The van der Waals surface area contributed by atoms with Gasteiger partial charge in [-0.1, -0.05) is 18.2 Å². The van der Waals surface area contributed by atoms with Crippen molar-refractivity contribution in [3.05, 3.63) is 42.1 Å². The third kappa shape index (κ3) is 3.09. The average Bonchev–Trinajstić information content (AvgIpc) is 2.85. The van der Waals surface area contributed by atoms with Crippen LogP contribution < -0.4 is 5.32 Å². The molecule has 1 aliphatic rings. The van der Waals surface area contributed by atoms with Gasteiger partial charge in [0.05, 0.1) is 17.0 Å². The molecule has 1 aromatic heterocycles. The van der Waals surface area contributed by atoms with Crippen molar-refractivity contribution in [3.8, 4) is 0 Å². The highest BCUT2D eigenvalue weighted by atomic mass is 32.2. The number of fused-ring (bicyclic) bond motifs is 1. The molecule has 2 heterocycles. The van der Waals surface area contributed by atoms with Crippen LogP contribution in [0.4, 0.5) is 0 Å². The number of rotatable bonds is 4. The molecule has 1 aromatic carbocycles. The van der Waals surface area contributed by atoms with Crippen LogP contribution in [0.1, 0.15) is 12.0 Å². The van der Waals surface area contributed by atoms with E-state index in [-0.39, 0.29) is 12.0 Å². The Morgan fingerprint density at radius 2 is 2.14 bits per heavy atom. The maximum Gasteiger partial charge on any atom is 0.150 e. The Morgan fingerprint density at radius 3 is 2.86 bits per heavy atom. The summed E-state index contributed by atoms with van der Waals surface area (Å²) in [4.78, 5) is 4.38. The lowest BCUT2D eigenvalue weighted by molar-refractivity contribution is 0.403. The smallest absolute Gasteiger partial charge is 0.150 e. The predicted octanol–water partition coefficient (Wildman–Crippen LogP) is 1.80. The summed E-state index contributed by atoms with van der Waals surface area (Å²) in [5, 5.41) is 4.46. The minimum atomic E-state index is -2.84. The molecule has 0 spiro atoms. The van der Waals surface area contributed by atoms with Crippen LogP contribution in [0, 0.1) is 5.92 Å². The monoisotopic (exact) mass is 304 g/mol. The second-order valence-corrected chi connectivity index (χ2v) is 7.98. The Labute approximate surface area is 125 Å². The molecule has 2 aromatic rings. The van der Waals surface area contributed by atoms with Gasteiger partial charge in [-0.3, -0.25) is 4.98 Å². The van der Waals surface area contributed by atoms with Crippen molar-refractivity contribution in [3.63, 3.8) is 0 Å². The van der Waals surface area contributed by atoms with Crippen molar-refractivity contribution < 1.29 is 8.42 Å². The standard InChI is InChI=1S/C16H20N2O2S/c1-17-16(13-7-9-21(19,20)11-13)10-12-6-8-18-15-5-3-2-4-14(12)15/h2-6,8,13,16-17H,7,9-11H2,1H3. The molecule has 1 N–H and O–H groups in total. The minimum absolute atomic E-state index is 0.188. The van der Waals surface area contributed by atoms with Gasteiger partial charge in [0, 0.05) is 17.6 Å². The van der Waals surface area contributed by atoms with E-state index in [1.165, 1.54) is 5.56 Å². The Morgan fingerprint density at radius 1 is 1.33 bits per heavy atom. The Kier molecular flexibility index (Phi) is 3.95. The number of hydrogen-bond acceptors (Lipinski definition) is 4. The third-order valence-electron chi connectivity index (χ3n) is 4.39. The molecule has 0 radical (unpaired) electrons. The zero-order valence-electron chi connectivity index (χ0n) is 12.1. The molecule has 4 nitrogen and oxygen atoms in total. The molecule has 0 bridgehead atoms. The number of benzene rings is 1. The van der Waals surface area contributed by atoms with E-state index in [0.29, 0.717) is 11.5 Å². The van der Waals surface area contributed by atoms with Gasteiger partial charge in [0.2, 0.25) is 0 Å². The lowest BCUT2D eigenvalue weighted by atomic mass is 9.92. The van der Waals surface area contributed by atoms with Gasteiger partial charge in [0.1, 0.15) is 0 Å². The van der Waals surface area contributed by atoms with E-state index in [4.69, 9.17) is 0 Å². The topological polar surface area (TPSA) is 59.1 Å². The van der Waals surface area contributed by atoms with Crippen molar-refractivity contribution in [2.75, 3.05) is 18.6 Å². The molecule has 112 valence electrons. The van der Waals surface area contributed by atoms with Gasteiger partial charge in [-0.05, 0) is 43.5 Å². The first-order valence-corrected chi connectivity index (χ1v) is 9.11. The fourth-order valence-electron chi connectivity index (χ4n) is 3.22. The Hall–Kier alpha value is -1.46. The highest BCUT2D eigenvalue weighted by Gasteiger charge is 2.33. The molecule has 3 rings (SSSR count). The number of sulfone groups is 1. The fourth-order valence-corrected chi connectivity index (χ4v) is 5.10. The number of likely N-dealkylation sites (N-methyl/N-ethyl adjacent to an activating group) is 1. The molecule has 1 aliphatic heterocycles. The van der Waals surface area contributed by atoms with Crippen LogP contribution in [0.5, 0.6) is 0 Å². The first kappa shape index (κ1) is 14.5. The quantitative estimate of drug-likeness (QED) is 0.936. The Bertz CT molecular complexity index is 738. The van der Waals surface area contributed by atoms with Crippen LogP contribution in [0.15, 0.2) is 36.5 Å². The van der Waals surface area contributed by atoms with Gasteiger partial charge in [0.25, 0.3) is 0 Å². The van der Waals surface area contributed by atoms with Gasteiger partial charge in [-0.2, -0.15) is 0 Å². The molecule has 2 atom stereocenters. The van der Waals surface area contributed by atoms with Gasteiger partial charge in [0.15, 0.2) is 9.84 Å². The van der Waals surface area contributed by atoms with Gasteiger partial charge < -0.3 is 5.32 Å². The molecule has 0 amide bonds. The molecule has 5 heteroatoms. The molecule has 1 fully saturated rings. The summed E-state index contributed by atoms with van der Waals surface area (Å²) in [6.07, 6.45) is 3.42. The summed E-state index contributed by atoms with van der Waals surface area (Å²) in [6, 6.07) is 10.3. The van der Waals surface area contributed by atoms with E-state index < -0.39 is 9.84 Å². The van der Waals surface area contributed by atoms with E-state index in [0.717, 1.165) is 23.7 Å². The molecule has 0 saturated carbocycles. The maximum atomic E-state index is 11.7. The number of aromatic nitrogens is 1. The fraction of sp³-hybridized carbons (Fsp3) is 0.438. The molecular weight excluding hydrogens is 284 g/mol. The minimum Gasteiger partial charge on any atom is -0.316 e. The van der Waals surface area contributed by atoms with Crippen LogP contribution in [-0.2, 0) is 16.3 Å². The molecule has 2 unspecified atom stereocenters. The van der Waals surface area contributed by atoms with E-state index in [2.05, 4.69) is 16.4 Å². The summed E-state index contributed by atoms with van der Waals surface area (Å²) in [7, 11) is -0.922. The third-order valence-corrected chi connectivity index (χ3v) is 6.18. The van der Waals surface area contributed by atoms with E-state index in [1.54, 1.807) is 0 Å². The van der Waals surface area contributed by atoms with Crippen molar-refractivity contribution in [1.29, 1.82) is 0 Å². The van der Waals surface area contributed by atoms with Gasteiger partial charge in [-0.15, -0.1) is 0 Å². The van der Waals surface area contributed by atoms with Crippen LogP contribution in [0.25, 0.3) is 10.9 Å². The Balaban J connectivity index is 1.86. The van der Waals surface area contributed by atoms with Crippen molar-refractivity contribution in [2.45, 2.75) is 18.9 Å². The van der Waals surface area contributed by atoms with Crippen LogP contribution in [0.3, 0.4) is 0 Å². The summed E-state index contributed by atoms with van der Waals surface area (Å²) < 4.78 is 23.4. The highest BCUT2D eigenvalue weighted by molar-refractivity contribution is 7.91. The summed E-state index contributed by atoms with van der Waals surface area (Å²) >= 11 is 0. The molecule has 1 saturated heterocycles. The van der Waals surface area contributed by atoms with Crippen LogP contribution in [-0.4, -0.2) is 38.0 Å². The van der Waals surface area contributed by atoms with E-state index in [1.807, 2.05) is 37.5 Å². The maximum absolute atomic E-state index is 11.7. The second-order valence-electron chi connectivity index (χ2n) is 5.75. The van der Waals surface area contributed by atoms with Crippen molar-refractivity contribution >= 4 is 20.7 Å². The molecular formula is C16H20N2O2S. The van der Waals surface area contributed by atoms with Gasteiger partial charge >= 0.3 is 0 Å². The number of hydrogen-bond donors (Lipinski definition) is 1. The number of nitrogens with one attached hydrogen (secondary N) is 1. The number of para-hydroxylation sites is 1. The lowest BCUT2D eigenvalue weighted by Crippen LogP contribution is -2.36. The first-order valence-electron chi connectivity index (χ1n) is 7.29. The molecule has 0 aliphatic carbocycles. The highest BCUT2D eigenvalue weighted by Crippen LogP contribution is 2.26.